The quantitative estimate of drug-likeness (QED) is 0.738. The Bertz CT molecular complexity index is 465. The fourth-order valence-corrected chi connectivity index (χ4v) is 4.64. The first-order valence-electron chi connectivity index (χ1n) is 6.48. The van der Waals surface area contributed by atoms with E-state index < -0.39 is 10.0 Å². The Morgan fingerprint density at radius 1 is 1.32 bits per heavy atom. The standard InChI is InChI=1S/C12H20N2O3S2/c1-2-17-10-9-13-5-7-14(8-6-13)19(15,16)12-4-3-11-18-12/h3-4,11H,2,5-10H2,1H3. The molecule has 19 heavy (non-hydrogen) atoms. The van der Waals surface area contributed by atoms with E-state index in [-0.39, 0.29) is 0 Å². The Labute approximate surface area is 118 Å². The van der Waals surface area contributed by atoms with Gasteiger partial charge in [-0.15, -0.1) is 11.3 Å². The highest BCUT2D eigenvalue weighted by Gasteiger charge is 2.28. The van der Waals surface area contributed by atoms with Crippen LogP contribution in [-0.4, -0.2) is 63.6 Å². The zero-order valence-corrected chi connectivity index (χ0v) is 12.8. The molecule has 108 valence electrons. The van der Waals surface area contributed by atoms with Crippen molar-refractivity contribution in [2.75, 3.05) is 45.9 Å². The molecule has 0 spiro atoms. The van der Waals surface area contributed by atoms with E-state index >= 15 is 0 Å². The molecule has 1 aliphatic heterocycles. The van der Waals surface area contributed by atoms with Crippen LogP contribution >= 0.6 is 11.3 Å². The highest BCUT2D eigenvalue weighted by molar-refractivity contribution is 7.91. The van der Waals surface area contributed by atoms with Crippen LogP contribution in [0.5, 0.6) is 0 Å². The van der Waals surface area contributed by atoms with Gasteiger partial charge in [0.2, 0.25) is 0 Å². The molecule has 0 aliphatic carbocycles. The van der Waals surface area contributed by atoms with Gasteiger partial charge in [0.15, 0.2) is 0 Å². The summed E-state index contributed by atoms with van der Waals surface area (Å²) in [6.07, 6.45) is 0. The molecule has 0 unspecified atom stereocenters. The second kappa shape index (κ2) is 6.81. The van der Waals surface area contributed by atoms with Crippen LogP contribution in [0.1, 0.15) is 6.92 Å². The van der Waals surface area contributed by atoms with Gasteiger partial charge in [-0.1, -0.05) is 6.07 Å². The van der Waals surface area contributed by atoms with Crippen molar-refractivity contribution < 1.29 is 13.2 Å². The van der Waals surface area contributed by atoms with E-state index in [9.17, 15) is 8.42 Å². The van der Waals surface area contributed by atoms with Crippen LogP contribution in [0.25, 0.3) is 0 Å². The summed E-state index contributed by atoms with van der Waals surface area (Å²) in [5.41, 5.74) is 0. The average Bonchev–Trinajstić information content (AvgIpc) is 2.94. The van der Waals surface area contributed by atoms with Crippen molar-refractivity contribution in [1.29, 1.82) is 0 Å². The molecule has 2 rings (SSSR count). The van der Waals surface area contributed by atoms with Crippen LogP contribution in [-0.2, 0) is 14.8 Å². The van der Waals surface area contributed by atoms with Gasteiger partial charge in [-0.05, 0) is 18.4 Å². The summed E-state index contributed by atoms with van der Waals surface area (Å²) in [6, 6.07) is 3.44. The number of nitrogens with zero attached hydrogens (tertiary/aromatic N) is 2. The second-order valence-electron chi connectivity index (χ2n) is 4.37. The molecular formula is C12H20N2O3S2. The van der Waals surface area contributed by atoms with Gasteiger partial charge in [0, 0.05) is 39.3 Å². The number of piperazine rings is 1. The predicted molar refractivity (Wildman–Crippen MR) is 76.0 cm³/mol. The Hall–Kier alpha value is -0.470. The maximum atomic E-state index is 12.3. The zero-order valence-electron chi connectivity index (χ0n) is 11.1. The molecule has 0 atom stereocenters. The molecule has 1 saturated heterocycles. The van der Waals surface area contributed by atoms with Crippen molar-refractivity contribution in [1.82, 2.24) is 9.21 Å². The maximum Gasteiger partial charge on any atom is 0.252 e. The second-order valence-corrected chi connectivity index (χ2v) is 7.49. The Morgan fingerprint density at radius 3 is 2.63 bits per heavy atom. The van der Waals surface area contributed by atoms with Crippen molar-refractivity contribution in [3.63, 3.8) is 0 Å². The minimum Gasteiger partial charge on any atom is -0.380 e. The summed E-state index contributed by atoms with van der Waals surface area (Å²) in [6.45, 7) is 6.97. The smallest absolute Gasteiger partial charge is 0.252 e. The molecule has 0 saturated carbocycles. The zero-order chi connectivity index (χ0) is 13.7. The van der Waals surface area contributed by atoms with E-state index in [1.807, 2.05) is 6.92 Å². The van der Waals surface area contributed by atoms with Crippen LogP contribution in [0.3, 0.4) is 0 Å². The summed E-state index contributed by atoms with van der Waals surface area (Å²) >= 11 is 1.28. The van der Waals surface area contributed by atoms with Crippen LogP contribution in [0.2, 0.25) is 0 Å². The summed E-state index contributed by atoms with van der Waals surface area (Å²) in [5.74, 6) is 0. The SMILES string of the molecule is CCOCCN1CCN(S(=O)(=O)c2cccs2)CC1. The number of sulfonamides is 1. The number of ether oxygens (including phenoxy) is 1. The van der Waals surface area contributed by atoms with Crippen LogP contribution in [0, 0.1) is 0 Å². The monoisotopic (exact) mass is 304 g/mol. The molecule has 1 aromatic rings. The van der Waals surface area contributed by atoms with Crippen molar-refractivity contribution in [2.45, 2.75) is 11.1 Å². The minimum atomic E-state index is -3.27. The van der Waals surface area contributed by atoms with Crippen molar-refractivity contribution in [3.05, 3.63) is 17.5 Å². The van der Waals surface area contributed by atoms with Gasteiger partial charge in [-0.3, -0.25) is 4.90 Å². The van der Waals surface area contributed by atoms with Gasteiger partial charge in [0.1, 0.15) is 4.21 Å². The summed E-state index contributed by atoms with van der Waals surface area (Å²) < 4.78 is 32.0. The molecule has 0 N–H and O–H groups in total. The highest BCUT2D eigenvalue weighted by Crippen LogP contribution is 2.21. The molecule has 1 fully saturated rings. The summed E-state index contributed by atoms with van der Waals surface area (Å²) in [7, 11) is -3.27. The third kappa shape index (κ3) is 3.76. The lowest BCUT2D eigenvalue weighted by Crippen LogP contribution is -2.49. The number of rotatable bonds is 6. The predicted octanol–water partition coefficient (Wildman–Crippen LogP) is 1.09. The number of hydrogen-bond acceptors (Lipinski definition) is 5. The average molecular weight is 304 g/mol. The summed E-state index contributed by atoms with van der Waals surface area (Å²) in [4.78, 5) is 2.25. The van der Waals surface area contributed by atoms with Crippen molar-refractivity contribution >= 4 is 21.4 Å². The lowest BCUT2D eigenvalue weighted by atomic mass is 10.3. The lowest BCUT2D eigenvalue weighted by molar-refractivity contribution is 0.0979. The lowest BCUT2D eigenvalue weighted by Gasteiger charge is -2.33. The molecule has 5 nitrogen and oxygen atoms in total. The van der Waals surface area contributed by atoms with Gasteiger partial charge in [-0.2, -0.15) is 4.31 Å². The van der Waals surface area contributed by atoms with E-state index in [1.54, 1.807) is 21.8 Å². The van der Waals surface area contributed by atoms with Crippen molar-refractivity contribution in [2.24, 2.45) is 0 Å². The van der Waals surface area contributed by atoms with Gasteiger partial charge >= 0.3 is 0 Å². The van der Waals surface area contributed by atoms with E-state index in [2.05, 4.69) is 4.90 Å². The van der Waals surface area contributed by atoms with Gasteiger partial charge in [0.25, 0.3) is 10.0 Å². The van der Waals surface area contributed by atoms with Gasteiger partial charge < -0.3 is 4.74 Å². The third-order valence-corrected chi connectivity index (χ3v) is 6.45. The summed E-state index contributed by atoms with van der Waals surface area (Å²) in [5, 5.41) is 1.80. The van der Waals surface area contributed by atoms with Gasteiger partial charge in [-0.25, -0.2) is 8.42 Å². The van der Waals surface area contributed by atoms with Gasteiger partial charge in [0.05, 0.1) is 6.61 Å². The molecule has 1 aromatic heterocycles. The van der Waals surface area contributed by atoms with Crippen LogP contribution in [0.15, 0.2) is 21.7 Å². The highest BCUT2D eigenvalue weighted by atomic mass is 32.2. The fourth-order valence-electron chi connectivity index (χ4n) is 2.07. The minimum absolute atomic E-state index is 0.440. The number of hydrogen-bond donors (Lipinski definition) is 0. The molecule has 7 heteroatoms. The van der Waals surface area contributed by atoms with Crippen molar-refractivity contribution in [3.8, 4) is 0 Å². The molecule has 0 amide bonds. The molecule has 1 aliphatic rings. The molecule has 0 aromatic carbocycles. The maximum absolute atomic E-state index is 12.3. The third-order valence-electron chi connectivity index (χ3n) is 3.18. The van der Waals surface area contributed by atoms with E-state index in [0.717, 1.165) is 26.2 Å². The largest absolute Gasteiger partial charge is 0.380 e. The van der Waals surface area contributed by atoms with E-state index in [1.165, 1.54) is 11.3 Å². The van der Waals surface area contributed by atoms with Crippen LogP contribution < -0.4 is 0 Å². The number of thiophene rings is 1. The Balaban J connectivity index is 1.86. The first-order chi connectivity index (χ1) is 9.14. The van der Waals surface area contributed by atoms with E-state index in [0.29, 0.717) is 23.9 Å². The molecule has 0 bridgehead atoms. The first kappa shape index (κ1) is 14.9. The fraction of sp³-hybridized carbons (Fsp3) is 0.667. The topological polar surface area (TPSA) is 49.9 Å². The normalized spacial score (nSPS) is 18.8. The van der Waals surface area contributed by atoms with Crippen LogP contribution in [0.4, 0.5) is 0 Å². The van der Waals surface area contributed by atoms with E-state index in [4.69, 9.17) is 4.74 Å². The Morgan fingerprint density at radius 2 is 2.05 bits per heavy atom. The Kier molecular flexibility index (Phi) is 5.35. The molecule has 2 heterocycles. The first-order valence-corrected chi connectivity index (χ1v) is 8.80. The molecular weight excluding hydrogens is 284 g/mol. The molecule has 0 radical (unpaired) electrons.